The normalized spacial score (nSPS) is 12.2. The molecule has 0 saturated heterocycles. The lowest BCUT2D eigenvalue weighted by atomic mass is 10.1. The number of aryl methyl sites for hydroxylation is 1. The molecule has 0 fully saturated rings. The zero-order valence-electron chi connectivity index (χ0n) is 19.5. The lowest BCUT2D eigenvalue weighted by molar-refractivity contribution is -0.139. The van der Waals surface area contributed by atoms with E-state index in [0.717, 1.165) is 34.5 Å². The Morgan fingerprint density at radius 1 is 1.12 bits per heavy atom. The number of carbonyl (C=O) groups excluding carboxylic acids is 2. The number of hydrogen-bond donors (Lipinski definition) is 1. The van der Waals surface area contributed by atoms with Gasteiger partial charge in [0.2, 0.25) is 21.8 Å². The van der Waals surface area contributed by atoms with Crippen molar-refractivity contribution in [2.75, 3.05) is 23.7 Å². The number of anilines is 1. The maximum atomic E-state index is 13.5. The summed E-state index contributed by atoms with van der Waals surface area (Å²) in [5.41, 5.74) is 2.25. The average molecular weight is 539 g/mol. The zero-order chi connectivity index (χ0) is 24.6. The number of unbranched alkanes of at least 4 members (excludes halogenated alkanes) is 1. The molecule has 0 radical (unpaired) electrons. The van der Waals surface area contributed by atoms with E-state index in [1.807, 2.05) is 38.1 Å². The van der Waals surface area contributed by atoms with Crippen LogP contribution in [0.1, 0.15) is 37.8 Å². The fraction of sp³-hybridized carbons (Fsp3) is 0.417. The van der Waals surface area contributed by atoms with Crippen LogP contribution in [0.4, 0.5) is 5.69 Å². The molecule has 2 aromatic carbocycles. The van der Waals surface area contributed by atoms with E-state index >= 15 is 0 Å². The van der Waals surface area contributed by atoms with Gasteiger partial charge in [0.05, 0.1) is 11.9 Å². The molecule has 2 amide bonds. The van der Waals surface area contributed by atoms with E-state index in [9.17, 15) is 18.0 Å². The van der Waals surface area contributed by atoms with Crippen LogP contribution in [0.25, 0.3) is 0 Å². The van der Waals surface area contributed by atoms with Crippen LogP contribution < -0.4 is 9.62 Å². The minimum absolute atomic E-state index is 0.198. The number of carbonyl (C=O) groups is 2. The maximum absolute atomic E-state index is 13.5. The van der Waals surface area contributed by atoms with E-state index in [1.54, 1.807) is 31.2 Å². The SMILES string of the molecule is CCCCNC(=O)[C@H](C)N(Cc1ccccc1C)C(=O)CN(c1cccc(Br)c1)S(C)(=O)=O. The summed E-state index contributed by atoms with van der Waals surface area (Å²) in [6.07, 6.45) is 2.85. The second kappa shape index (κ2) is 12.2. The van der Waals surface area contributed by atoms with Gasteiger partial charge in [-0.25, -0.2) is 8.42 Å². The molecule has 0 saturated carbocycles. The molecule has 0 spiro atoms. The van der Waals surface area contributed by atoms with Gasteiger partial charge in [0, 0.05) is 17.6 Å². The lowest BCUT2D eigenvalue weighted by Crippen LogP contribution is -2.51. The van der Waals surface area contributed by atoms with E-state index in [2.05, 4.69) is 21.2 Å². The van der Waals surface area contributed by atoms with Crippen LogP contribution in [0.15, 0.2) is 53.0 Å². The van der Waals surface area contributed by atoms with Gasteiger partial charge in [-0.15, -0.1) is 0 Å². The second-order valence-electron chi connectivity index (χ2n) is 8.02. The summed E-state index contributed by atoms with van der Waals surface area (Å²) < 4.78 is 26.9. The number of amides is 2. The summed E-state index contributed by atoms with van der Waals surface area (Å²) in [4.78, 5) is 27.7. The predicted octanol–water partition coefficient (Wildman–Crippen LogP) is 3.86. The number of halogens is 1. The Labute approximate surface area is 205 Å². The molecule has 9 heteroatoms. The van der Waals surface area contributed by atoms with Crippen molar-refractivity contribution in [3.8, 4) is 0 Å². The topological polar surface area (TPSA) is 86.8 Å². The summed E-state index contributed by atoms with van der Waals surface area (Å²) in [5, 5.41) is 2.87. The number of hydrogen-bond acceptors (Lipinski definition) is 4. The Hall–Kier alpha value is -2.39. The Balaban J connectivity index is 2.36. The van der Waals surface area contributed by atoms with Crippen molar-refractivity contribution in [3.63, 3.8) is 0 Å². The third kappa shape index (κ3) is 7.85. The Bertz CT molecular complexity index is 1070. The first-order valence-corrected chi connectivity index (χ1v) is 13.5. The average Bonchev–Trinajstić information content (AvgIpc) is 2.75. The molecule has 0 unspecified atom stereocenters. The van der Waals surface area contributed by atoms with Crippen LogP contribution in [-0.4, -0.2) is 50.5 Å². The fourth-order valence-electron chi connectivity index (χ4n) is 3.33. The molecule has 2 rings (SSSR count). The Morgan fingerprint density at radius 3 is 2.42 bits per heavy atom. The summed E-state index contributed by atoms with van der Waals surface area (Å²) in [5.74, 6) is -0.722. The molecule has 0 heterocycles. The summed E-state index contributed by atoms with van der Waals surface area (Å²) in [6.45, 7) is 5.96. The van der Waals surface area contributed by atoms with Crippen LogP contribution >= 0.6 is 15.9 Å². The molecule has 180 valence electrons. The van der Waals surface area contributed by atoms with Crippen LogP contribution in [0, 0.1) is 6.92 Å². The Morgan fingerprint density at radius 2 is 1.82 bits per heavy atom. The highest BCUT2D eigenvalue weighted by Crippen LogP contribution is 2.23. The molecule has 0 aliphatic carbocycles. The largest absolute Gasteiger partial charge is 0.354 e. The van der Waals surface area contributed by atoms with Crippen LogP contribution in [0.2, 0.25) is 0 Å². The molecule has 2 aromatic rings. The first kappa shape index (κ1) is 26.9. The smallest absolute Gasteiger partial charge is 0.244 e. The molecule has 33 heavy (non-hydrogen) atoms. The van der Waals surface area contributed by atoms with Crippen LogP contribution in [-0.2, 0) is 26.2 Å². The van der Waals surface area contributed by atoms with E-state index in [1.165, 1.54) is 4.90 Å². The Kier molecular flexibility index (Phi) is 9.91. The summed E-state index contributed by atoms with van der Waals surface area (Å²) >= 11 is 3.35. The molecule has 0 bridgehead atoms. The van der Waals surface area contributed by atoms with E-state index in [0.29, 0.717) is 16.7 Å². The molecule has 0 aliphatic rings. The highest BCUT2D eigenvalue weighted by molar-refractivity contribution is 9.10. The standard InChI is InChI=1S/C24H32BrN3O4S/c1-5-6-14-26-24(30)19(3)27(16-20-11-8-7-10-18(20)2)23(29)17-28(33(4,31)32)22-13-9-12-21(25)15-22/h7-13,15,19H,5-6,14,16-17H2,1-4H3,(H,26,30)/t19-/m0/s1. The van der Waals surface area contributed by atoms with E-state index in [-0.39, 0.29) is 12.5 Å². The van der Waals surface area contributed by atoms with Gasteiger partial charge in [-0.3, -0.25) is 13.9 Å². The van der Waals surface area contributed by atoms with Crippen LogP contribution in [0.3, 0.4) is 0 Å². The van der Waals surface area contributed by atoms with Gasteiger partial charge >= 0.3 is 0 Å². The van der Waals surface area contributed by atoms with Crippen molar-refractivity contribution >= 4 is 43.5 Å². The number of sulfonamides is 1. The third-order valence-electron chi connectivity index (χ3n) is 5.37. The quantitative estimate of drug-likeness (QED) is 0.441. The van der Waals surface area contributed by atoms with E-state index in [4.69, 9.17) is 0 Å². The highest BCUT2D eigenvalue weighted by atomic mass is 79.9. The number of nitrogens with zero attached hydrogens (tertiary/aromatic N) is 2. The highest BCUT2D eigenvalue weighted by Gasteiger charge is 2.30. The van der Waals surface area contributed by atoms with Crippen molar-refractivity contribution in [3.05, 3.63) is 64.1 Å². The molecule has 1 atom stereocenters. The fourth-order valence-corrected chi connectivity index (χ4v) is 4.56. The minimum atomic E-state index is -3.74. The maximum Gasteiger partial charge on any atom is 0.244 e. The van der Waals surface area contributed by atoms with Gasteiger partial charge in [-0.05, 0) is 49.6 Å². The van der Waals surface area contributed by atoms with Crippen molar-refractivity contribution < 1.29 is 18.0 Å². The van der Waals surface area contributed by atoms with Gasteiger partial charge < -0.3 is 10.2 Å². The van der Waals surface area contributed by atoms with Crippen molar-refractivity contribution in [2.24, 2.45) is 0 Å². The summed E-state index contributed by atoms with van der Waals surface area (Å²) in [7, 11) is -3.74. The zero-order valence-corrected chi connectivity index (χ0v) is 21.9. The van der Waals surface area contributed by atoms with Gasteiger partial charge in [0.15, 0.2) is 0 Å². The van der Waals surface area contributed by atoms with Crippen molar-refractivity contribution in [1.82, 2.24) is 10.2 Å². The van der Waals surface area contributed by atoms with Gasteiger partial charge in [0.1, 0.15) is 12.6 Å². The van der Waals surface area contributed by atoms with Crippen molar-refractivity contribution in [1.29, 1.82) is 0 Å². The van der Waals surface area contributed by atoms with E-state index < -0.39 is 28.5 Å². The van der Waals surface area contributed by atoms with Crippen molar-refractivity contribution in [2.45, 2.75) is 46.2 Å². The molecule has 7 nitrogen and oxygen atoms in total. The molecular formula is C24H32BrN3O4S. The third-order valence-corrected chi connectivity index (χ3v) is 7.01. The second-order valence-corrected chi connectivity index (χ2v) is 10.8. The lowest BCUT2D eigenvalue weighted by Gasteiger charge is -2.32. The predicted molar refractivity (Wildman–Crippen MR) is 135 cm³/mol. The van der Waals surface area contributed by atoms with Gasteiger partial charge in [-0.1, -0.05) is 59.6 Å². The number of rotatable bonds is 11. The molecule has 0 aromatic heterocycles. The molecule has 0 aliphatic heterocycles. The monoisotopic (exact) mass is 537 g/mol. The number of nitrogens with one attached hydrogen (secondary N) is 1. The molecular weight excluding hydrogens is 506 g/mol. The summed E-state index contributed by atoms with van der Waals surface area (Å²) in [6, 6.07) is 13.6. The minimum Gasteiger partial charge on any atom is -0.354 e. The number of benzene rings is 2. The van der Waals surface area contributed by atoms with Crippen LogP contribution in [0.5, 0.6) is 0 Å². The first-order chi connectivity index (χ1) is 15.5. The molecule has 1 N–H and O–H groups in total. The van der Waals surface area contributed by atoms with Gasteiger partial charge in [0.25, 0.3) is 0 Å². The van der Waals surface area contributed by atoms with Gasteiger partial charge in [-0.2, -0.15) is 0 Å². The first-order valence-electron chi connectivity index (χ1n) is 10.9.